The third-order valence-electron chi connectivity index (χ3n) is 3.08. The number of imidazole rings is 1. The van der Waals surface area contributed by atoms with Gasteiger partial charge >= 0.3 is 7.82 Å². The van der Waals surface area contributed by atoms with Crippen molar-refractivity contribution in [2.24, 2.45) is 5.73 Å². The Morgan fingerprint density at radius 3 is 2.52 bits per heavy atom. The van der Waals surface area contributed by atoms with Crippen LogP contribution in [0.15, 0.2) is 6.33 Å². The minimum atomic E-state index is -5.08. The molecule has 1 aromatic rings. The molecule has 0 bridgehead atoms. The minimum Gasteiger partial charge on any atom is -0.493 e. The van der Waals surface area contributed by atoms with E-state index in [4.69, 9.17) is 20.3 Å². The summed E-state index contributed by atoms with van der Waals surface area (Å²) in [5.74, 6) is -1.82. The fourth-order valence-electron chi connectivity index (χ4n) is 2.07. The van der Waals surface area contributed by atoms with Crippen molar-refractivity contribution in [3.63, 3.8) is 0 Å². The number of hydrogen-bond donors (Lipinski definition) is 7. The van der Waals surface area contributed by atoms with E-state index in [2.05, 4.69) is 9.51 Å². The van der Waals surface area contributed by atoms with Gasteiger partial charge in [-0.2, -0.15) is 0 Å². The molecule has 1 aliphatic rings. The maximum absolute atomic E-state index is 11.0. The van der Waals surface area contributed by atoms with Gasteiger partial charge in [0.25, 0.3) is 5.91 Å². The largest absolute Gasteiger partial charge is 0.493 e. The predicted molar refractivity (Wildman–Crippen MR) is 67.5 cm³/mol. The molecule has 0 spiro atoms. The molecule has 5 atom stereocenters. The predicted octanol–water partition coefficient (Wildman–Crippen LogP) is -3.27. The quantitative estimate of drug-likeness (QED) is 0.205. The van der Waals surface area contributed by atoms with Crippen LogP contribution in [0.4, 0.5) is 0 Å². The van der Waals surface area contributed by atoms with Crippen LogP contribution in [-0.4, -0.2) is 70.3 Å². The second-order valence-electron chi connectivity index (χ2n) is 4.65. The summed E-state index contributed by atoms with van der Waals surface area (Å²) in [4.78, 5) is 31.7. The summed E-state index contributed by atoms with van der Waals surface area (Å²) in [6, 6.07) is 0. The molecule has 1 aromatic heterocycles. The average molecular weight is 355 g/mol. The highest BCUT2D eigenvalue weighted by molar-refractivity contribution is 7.46. The average Bonchev–Trinajstić information content (AvgIpc) is 2.90. The number of hydrogen-bond acceptors (Lipinski definition) is 9. The van der Waals surface area contributed by atoms with Crippen molar-refractivity contribution >= 4 is 13.7 Å². The van der Waals surface area contributed by atoms with Crippen molar-refractivity contribution in [2.45, 2.75) is 30.8 Å². The molecule has 23 heavy (non-hydrogen) atoms. The SMILES string of the molecule is NC(=O)c1ncn([C@@H]2O[C@H](C(O)OP(=O)(O)O)[C@@H](O)[C@H]2O)c1O. The Hall–Kier alpha value is -1.57. The van der Waals surface area contributed by atoms with E-state index in [0.29, 0.717) is 0 Å². The van der Waals surface area contributed by atoms with Crippen LogP contribution in [0.2, 0.25) is 0 Å². The van der Waals surface area contributed by atoms with Gasteiger partial charge in [-0.15, -0.1) is 0 Å². The molecule has 2 heterocycles. The van der Waals surface area contributed by atoms with Crippen LogP contribution in [0.3, 0.4) is 0 Å². The number of carbonyl (C=O) groups excluding carboxylic acids is 1. The summed E-state index contributed by atoms with van der Waals surface area (Å²) < 4.78 is 20.4. The zero-order chi connectivity index (χ0) is 17.5. The van der Waals surface area contributed by atoms with Crippen LogP contribution in [0.25, 0.3) is 0 Å². The van der Waals surface area contributed by atoms with Gasteiger partial charge in [0.1, 0.15) is 24.6 Å². The number of nitrogens with zero attached hydrogens (tertiary/aromatic N) is 2. The number of aliphatic hydroxyl groups excluding tert-OH is 3. The van der Waals surface area contributed by atoms with Gasteiger partial charge in [0, 0.05) is 0 Å². The van der Waals surface area contributed by atoms with E-state index >= 15 is 0 Å². The minimum absolute atomic E-state index is 0.522. The Bertz CT molecular complexity index is 644. The molecule has 1 aliphatic heterocycles. The van der Waals surface area contributed by atoms with Crippen LogP contribution in [-0.2, 0) is 13.8 Å². The summed E-state index contributed by atoms with van der Waals surface area (Å²) in [6.45, 7) is 0. The lowest BCUT2D eigenvalue weighted by Crippen LogP contribution is -2.39. The molecule has 13 nitrogen and oxygen atoms in total. The Morgan fingerprint density at radius 2 is 2.04 bits per heavy atom. The van der Waals surface area contributed by atoms with Gasteiger partial charge in [0.2, 0.25) is 5.88 Å². The van der Waals surface area contributed by atoms with Crippen molar-refractivity contribution in [1.82, 2.24) is 9.55 Å². The molecule has 8 N–H and O–H groups in total. The van der Waals surface area contributed by atoms with E-state index in [1.165, 1.54) is 0 Å². The number of ether oxygens (including phenoxy) is 1. The van der Waals surface area contributed by atoms with Gasteiger partial charge in [-0.1, -0.05) is 0 Å². The van der Waals surface area contributed by atoms with E-state index in [9.17, 15) is 29.8 Å². The summed E-state index contributed by atoms with van der Waals surface area (Å²) in [6.07, 6.45) is -8.22. The molecule has 1 fully saturated rings. The van der Waals surface area contributed by atoms with E-state index in [0.717, 1.165) is 10.9 Å². The number of primary amides is 1. The zero-order valence-electron chi connectivity index (χ0n) is 11.2. The van der Waals surface area contributed by atoms with E-state index in [1.807, 2.05) is 0 Å². The van der Waals surface area contributed by atoms with Gasteiger partial charge in [-0.25, -0.2) is 9.55 Å². The molecule has 14 heteroatoms. The van der Waals surface area contributed by atoms with Crippen LogP contribution in [0.5, 0.6) is 5.88 Å². The smallest absolute Gasteiger partial charge is 0.472 e. The monoisotopic (exact) mass is 355 g/mol. The maximum Gasteiger partial charge on any atom is 0.472 e. The van der Waals surface area contributed by atoms with Crippen LogP contribution < -0.4 is 5.73 Å². The highest BCUT2D eigenvalue weighted by Gasteiger charge is 2.49. The van der Waals surface area contributed by atoms with E-state index in [1.54, 1.807) is 0 Å². The lowest BCUT2D eigenvalue weighted by Gasteiger charge is -2.21. The normalized spacial score (nSPS) is 29.6. The molecule has 1 unspecified atom stereocenters. The van der Waals surface area contributed by atoms with Crippen molar-refractivity contribution in [2.75, 3.05) is 0 Å². The Balaban J connectivity index is 2.23. The Morgan fingerprint density at radius 1 is 1.43 bits per heavy atom. The van der Waals surface area contributed by atoms with Crippen LogP contribution in [0.1, 0.15) is 16.7 Å². The van der Waals surface area contributed by atoms with Crippen molar-refractivity contribution < 1.29 is 48.8 Å². The first-order chi connectivity index (χ1) is 10.5. The number of aromatic nitrogens is 2. The molecule has 1 saturated heterocycles. The summed E-state index contributed by atoms with van der Waals surface area (Å²) in [7, 11) is -5.08. The molecule has 0 aliphatic carbocycles. The third-order valence-corrected chi connectivity index (χ3v) is 3.57. The van der Waals surface area contributed by atoms with Gasteiger partial charge < -0.3 is 40.7 Å². The van der Waals surface area contributed by atoms with Crippen molar-refractivity contribution in [3.8, 4) is 5.88 Å². The number of aliphatic hydroxyl groups is 3. The van der Waals surface area contributed by atoms with Crippen LogP contribution in [0, 0.1) is 0 Å². The van der Waals surface area contributed by atoms with Crippen molar-refractivity contribution in [3.05, 3.63) is 12.0 Å². The molecule has 130 valence electrons. The number of rotatable bonds is 5. The maximum atomic E-state index is 11.0. The van der Waals surface area contributed by atoms with E-state index in [-0.39, 0.29) is 0 Å². The number of phosphoric acid groups is 1. The highest BCUT2D eigenvalue weighted by Crippen LogP contribution is 2.41. The number of nitrogens with two attached hydrogens (primary N) is 1. The standard InChI is InChI=1S/C9H14N3O10P/c10-6(15)2-7(16)12(1-11-2)8-4(14)3(13)5(21-8)9(17)22-23(18,19)20/h1,3-5,8-9,13-14,16-17H,(H2,10,15)(H2,18,19,20)/t3-,4+,5-,8+,9?/m0/s1. The first-order valence-corrected chi connectivity index (χ1v) is 7.55. The lowest BCUT2D eigenvalue weighted by molar-refractivity contribution is -0.161. The molecule has 0 radical (unpaired) electrons. The fraction of sp³-hybridized carbons (Fsp3) is 0.556. The Labute approximate surface area is 127 Å². The Kier molecular flexibility index (Phi) is 4.75. The van der Waals surface area contributed by atoms with E-state index < -0.39 is 56.1 Å². The number of aromatic hydroxyl groups is 1. The molecule has 0 saturated carbocycles. The van der Waals surface area contributed by atoms with Gasteiger partial charge in [0.15, 0.2) is 18.2 Å². The molecular formula is C9H14N3O10P. The topological polar surface area (TPSA) is 218 Å². The first-order valence-electron chi connectivity index (χ1n) is 6.02. The van der Waals surface area contributed by atoms with Gasteiger partial charge in [0.05, 0.1) is 0 Å². The summed E-state index contributed by atoms with van der Waals surface area (Å²) in [5, 5.41) is 39.0. The number of carbonyl (C=O) groups is 1. The molecule has 2 rings (SSSR count). The highest BCUT2D eigenvalue weighted by atomic mass is 31.2. The molecule has 0 aromatic carbocycles. The molecule has 1 amide bonds. The third kappa shape index (κ3) is 3.52. The molecular weight excluding hydrogens is 341 g/mol. The first kappa shape index (κ1) is 17.8. The van der Waals surface area contributed by atoms with Gasteiger partial charge in [-0.3, -0.25) is 13.9 Å². The second-order valence-corrected chi connectivity index (χ2v) is 5.84. The number of amides is 1. The fourth-order valence-corrected chi connectivity index (χ4v) is 2.47. The second kappa shape index (κ2) is 6.14. The van der Waals surface area contributed by atoms with Gasteiger partial charge in [-0.05, 0) is 0 Å². The zero-order valence-corrected chi connectivity index (χ0v) is 12.1. The number of phosphoric ester groups is 1. The summed E-state index contributed by atoms with van der Waals surface area (Å²) in [5.41, 5.74) is 4.44. The lowest BCUT2D eigenvalue weighted by atomic mass is 10.1. The van der Waals surface area contributed by atoms with Crippen molar-refractivity contribution in [1.29, 1.82) is 0 Å². The summed E-state index contributed by atoms with van der Waals surface area (Å²) >= 11 is 0. The van der Waals surface area contributed by atoms with Crippen LogP contribution >= 0.6 is 7.82 Å².